The molecule has 0 atom stereocenters. The molecule has 96 valence electrons. The van der Waals surface area contributed by atoms with Gasteiger partial charge < -0.3 is 4.74 Å². The maximum atomic E-state index is 8.73. The topological polar surface area (TPSA) is 33.0 Å². The van der Waals surface area contributed by atoms with Crippen LogP contribution in [0.4, 0.5) is 0 Å². The largest absolute Gasteiger partial charge is 0.489 e. The number of ether oxygens (including phenoxy) is 1. The van der Waals surface area contributed by atoms with Crippen LogP contribution in [0.1, 0.15) is 16.7 Å². The third-order valence-corrected chi connectivity index (χ3v) is 3.48. The monoisotopic (exact) mass is 335 g/mol. The van der Waals surface area contributed by atoms with E-state index in [-0.39, 0.29) is 0 Å². The molecule has 0 aliphatic heterocycles. The van der Waals surface area contributed by atoms with Crippen molar-refractivity contribution < 1.29 is 4.74 Å². The van der Waals surface area contributed by atoms with Crippen molar-refractivity contribution >= 4 is 27.5 Å². The van der Waals surface area contributed by atoms with Crippen LogP contribution in [0.15, 0.2) is 42.5 Å². The number of rotatable bonds is 4. The zero-order valence-corrected chi connectivity index (χ0v) is 12.4. The molecule has 2 nitrogen and oxygen atoms in total. The number of hydrogen-bond acceptors (Lipinski definition) is 2. The van der Waals surface area contributed by atoms with Gasteiger partial charge in [-0.1, -0.05) is 39.7 Å². The quantitative estimate of drug-likeness (QED) is 0.759. The Morgan fingerprint density at radius 2 is 1.89 bits per heavy atom. The van der Waals surface area contributed by atoms with E-state index in [2.05, 4.69) is 22.0 Å². The molecule has 0 unspecified atom stereocenters. The van der Waals surface area contributed by atoms with Gasteiger partial charge in [0.15, 0.2) is 0 Å². The van der Waals surface area contributed by atoms with Crippen LogP contribution in [0.3, 0.4) is 0 Å². The van der Waals surface area contributed by atoms with Gasteiger partial charge in [-0.25, -0.2) is 0 Å². The first-order valence-electron chi connectivity index (χ1n) is 5.69. The maximum Gasteiger partial charge on any atom is 0.123 e. The van der Waals surface area contributed by atoms with Gasteiger partial charge in [0.1, 0.15) is 12.4 Å². The first kappa shape index (κ1) is 13.9. The molecule has 0 N–H and O–H groups in total. The van der Waals surface area contributed by atoms with Gasteiger partial charge in [0.05, 0.1) is 11.6 Å². The zero-order chi connectivity index (χ0) is 13.7. The Bertz CT molecular complexity index is 605. The minimum atomic E-state index is 0.466. The molecular weight excluding hydrogens is 326 g/mol. The van der Waals surface area contributed by atoms with Crippen LogP contribution in [0.2, 0.25) is 5.02 Å². The zero-order valence-electron chi connectivity index (χ0n) is 10.1. The van der Waals surface area contributed by atoms with E-state index in [4.69, 9.17) is 21.6 Å². The summed E-state index contributed by atoms with van der Waals surface area (Å²) in [5, 5.41) is 10.1. The van der Waals surface area contributed by atoms with Gasteiger partial charge in [-0.05, 0) is 35.9 Å². The van der Waals surface area contributed by atoms with E-state index in [1.807, 2.05) is 30.3 Å². The summed E-state index contributed by atoms with van der Waals surface area (Å²) in [6, 6.07) is 15.0. The molecule has 4 heteroatoms. The molecule has 0 saturated heterocycles. The molecule has 2 aromatic rings. The van der Waals surface area contributed by atoms with E-state index in [0.717, 1.165) is 16.9 Å². The molecule has 0 aliphatic carbocycles. The molecule has 2 rings (SSSR count). The number of nitrogens with zero attached hydrogens (tertiary/aromatic N) is 1. The van der Waals surface area contributed by atoms with Crippen molar-refractivity contribution in [3.05, 3.63) is 64.2 Å². The number of hydrogen-bond donors (Lipinski definition) is 0. The maximum absolute atomic E-state index is 8.73. The summed E-state index contributed by atoms with van der Waals surface area (Å²) in [6.07, 6.45) is 0. The highest BCUT2D eigenvalue weighted by Crippen LogP contribution is 2.25. The molecule has 0 amide bonds. The predicted octanol–water partition coefficient (Wildman–Crippen LogP) is 4.69. The highest BCUT2D eigenvalue weighted by molar-refractivity contribution is 9.08. The predicted molar refractivity (Wildman–Crippen MR) is 79.6 cm³/mol. The lowest BCUT2D eigenvalue weighted by atomic mass is 10.1. The molecule has 0 radical (unpaired) electrons. The van der Waals surface area contributed by atoms with E-state index in [9.17, 15) is 0 Å². The number of nitriles is 1. The standard InChI is InChI=1S/C15H11BrClNO/c16-8-13-7-14(17)5-6-15(13)19-10-12-3-1-11(9-18)2-4-12/h1-7H,8,10H2. The minimum absolute atomic E-state index is 0.466. The summed E-state index contributed by atoms with van der Waals surface area (Å²) in [6.45, 7) is 0.466. The Kier molecular flexibility index (Phi) is 4.84. The fraction of sp³-hybridized carbons (Fsp3) is 0.133. The van der Waals surface area contributed by atoms with Gasteiger partial charge in [-0.2, -0.15) is 5.26 Å². The summed E-state index contributed by atoms with van der Waals surface area (Å²) in [7, 11) is 0. The number of halogens is 2. The van der Waals surface area contributed by atoms with Crippen LogP contribution in [-0.4, -0.2) is 0 Å². The third-order valence-electron chi connectivity index (χ3n) is 2.64. The van der Waals surface area contributed by atoms with Gasteiger partial charge in [0.2, 0.25) is 0 Å². The van der Waals surface area contributed by atoms with Gasteiger partial charge in [-0.15, -0.1) is 0 Å². The van der Waals surface area contributed by atoms with E-state index < -0.39 is 0 Å². The Labute approximate surface area is 125 Å². The molecule has 0 saturated carbocycles. The van der Waals surface area contributed by atoms with Gasteiger partial charge in [0, 0.05) is 15.9 Å². The summed E-state index contributed by atoms with van der Waals surface area (Å²) >= 11 is 9.35. The molecule has 2 aromatic carbocycles. The van der Waals surface area contributed by atoms with Gasteiger partial charge in [0.25, 0.3) is 0 Å². The molecule has 19 heavy (non-hydrogen) atoms. The van der Waals surface area contributed by atoms with Crippen molar-refractivity contribution in [2.24, 2.45) is 0 Å². The lowest BCUT2D eigenvalue weighted by Gasteiger charge is -2.10. The average Bonchev–Trinajstić information content (AvgIpc) is 2.46. The molecule has 0 aliphatic rings. The smallest absolute Gasteiger partial charge is 0.123 e. The Morgan fingerprint density at radius 3 is 2.53 bits per heavy atom. The second-order valence-corrected chi connectivity index (χ2v) is 4.98. The fourth-order valence-corrected chi connectivity index (χ4v) is 2.26. The van der Waals surface area contributed by atoms with Gasteiger partial charge in [-0.3, -0.25) is 0 Å². The molecular formula is C15H11BrClNO. The van der Waals surface area contributed by atoms with Crippen molar-refractivity contribution in [1.29, 1.82) is 5.26 Å². The van der Waals surface area contributed by atoms with Crippen molar-refractivity contribution in [3.8, 4) is 11.8 Å². The summed E-state index contributed by atoms with van der Waals surface area (Å²) in [5.41, 5.74) is 2.69. The highest BCUT2D eigenvalue weighted by atomic mass is 79.9. The highest BCUT2D eigenvalue weighted by Gasteiger charge is 2.04. The fourth-order valence-electron chi connectivity index (χ4n) is 1.63. The summed E-state index contributed by atoms with van der Waals surface area (Å²) in [5.74, 6) is 0.811. The molecule has 0 bridgehead atoms. The SMILES string of the molecule is N#Cc1ccc(COc2ccc(Cl)cc2CBr)cc1. The van der Waals surface area contributed by atoms with Crippen molar-refractivity contribution in [1.82, 2.24) is 0 Å². The van der Waals surface area contributed by atoms with Crippen LogP contribution >= 0.6 is 27.5 Å². The number of benzene rings is 2. The van der Waals surface area contributed by atoms with E-state index in [1.54, 1.807) is 12.1 Å². The Balaban J connectivity index is 2.07. The third kappa shape index (κ3) is 3.73. The first-order valence-corrected chi connectivity index (χ1v) is 7.19. The van der Waals surface area contributed by atoms with E-state index >= 15 is 0 Å². The molecule has 0 aromatic heterocycles. The normalized spacial score (nSPS) is 9.95. The van der Waals surface area contributed by atoms with Crippen molar-refractivity contribution in [3.63, 3.8) is 0 Å². The average molecular weight is 337 g/mol. The second-order valence-electron chi connectivity index (χ2n) is 3.98. The van der Waals surface area contributed by atoms with E-state index in [1.165, 1.54) is 0 Å². The minimum Gasteiger partial charge on any atom is -0.489 e. The molecule has 0 spiro atoms. The van der Waals surface area contributed by atoms with Crippen LogP contribution in [0.25, 0.3) is 0 Å². The lowest BCUT2D eigenvalue weighted by molar-refractivity contribution is 0.304. The van der Waals surface area contributed by atoms with Gasteiger partial charge >= 0.3 is 0 Å². The Morgan fingerprint density at radius 1 is 1.16 bits per heavy atom. The molecule has 0 heterocycles. The van der Waals surface area contributed by atoms with Crippen LogP contribution in [0.5, 0.6) is 5.75 Å². The first-order chi connectivity index (χ1) is 9.22. The van der Waals surface area contributed by atoms with Crippen LogP contribution < -0.4 is 4.74 Å². The second kappa shape index (κ2) is 6.60. The summed E-state index contributed by atoms with van der Waals surface area (Å²) in [4.78, 5) is 0. The Hall–Kier alpha value is -1.50. The van der Waals surface area contributed by atoms with Crippen LogP contribution in [-0.2, 0) is 11.9 Å². The lowest BCUT2D eigenvalue weighted by Crippen LogP contribution is -1.97. The van der Waals surface area contributed by atoms with Crippen LogP contribution in [0, 0.1) is 11.3 Å². The molecule has 0 fully saturated rings. The van der Waals surface area contributed by atoms with Crippen molar-refractivity contribution in [2.45, 2.75) is 11.9 Å². The number of alkyl halides is 1. The van der Waals surface area contributed by atoms with E-state index in [0.29, 0.717) is 22.5 Å². The summed E-state index contributed by atoms with van der Waals surface area (Å²) < 4.78 is 5.77. The van der Waals surface area contributed by atoms with Crippen molar-refractivity contribution in [2.75, 3.05) is 0 Å².